The van der Waals surface area contributed by atoms with E-state index >= 15 is 0 Å². The number of nitrogens with one attached hydrogen (secondary N) is 3. The molecule has 3 amide bonds. The highest BCUT2D eigenvalue weighted by molar-refractivity contribution is 7.90. The number of anilines is 1. The van der Waals surface area contributed by atoms with Gasteiger partial charge in [0.25, 0.3) is 0 Å². The van der Waals surface area contributed by atoms with E-state index in [0.29, 0.717) is 0 Å². The topological polar surface area (TPSA) is 104 Å². The first-order chi connectivity index (χ1) is 10.6. The lowest BCUT2D eigenvalue weighted by molar-refractivity contribution is -0.123. The smallest absolute Gasteiger partial charge is 0.319 e. The molecule has 23 heavy (non-hydrogen) atoms. The lowest BCUT2D eigenvalue weighted by Gasteiger charge is -2.18. The van der Waals surface area contributed by atoms with Crippen LogP contribution in [-0.2, 0) is 14.6 Å². The van der Waals surface area contributed by atoms with Gasteiger partial charge in [0.15, 0.2) is 9.84 Å². The second-order valence-electron chi connectivity index (χ2n) is 5.41. The van der Waals surface area contributed by atoms with Crippen molar-refractivity contribution in [2.45, 2.75) is 44.2 Å². The number of amides is 3. The molecule has 0 spiro atoms. The number of carbonyl (C=O) groups is 2. The first-order valence-corrected chi connectivity index (χ1v) is 9.21. The van der Waals surface area contributed by atoms with E-state index in [2.05, 4.69) is 16.0 Å². The van der Waals surface area contributed by atoms with Crippen molar-refractivity contribution in [3.63, 3.8) is 0 Å². The molecule has 0 aliphatic carbocycles. The van der Waals surface area contributed by atoms with Gasteiger partial charge in [-0.3, -0.25) is 4.79 Å². The van der Waals surface area contributed by atoms with Gasteiger partial charge in [-0.05, 0) is 32.4 Å². The van der Waals surface area contributed by atoms with E-state index in [4.69, 9.17) is 0 Å². The molecule has 128 valence electrons. The summed E-state index contributed by atoms with van der Waals surface area (Å²) in [5, 5.41) is 7.70. The average Bonchev–Trinajstić information content (AvgIpc) is 2.46. The van der Waals surface area contributed by atoms with E-state index in [1.165, 1.54) is 12.1 Å². The number of carbonyl (C=O) groups excluding carboxylic acids is 2. The third kappa shape index (κ3) is 5.90. The molecule has 0 saturated carbocycles. The van der Waals surface area contributed by atoms with Crippen LogP contribution in [0.1, 0.15) is 27.2 Å². The molecule has 7 nitrogen and oxygen atoms in total. The van der Waals surface area contributed by atoms with Crippen molar-refractivity contribution in [1.82, 2.24) is 10.6 Å². The Hall–Kier alpha value is -2.09. The van der Waals surface area contributed by atoms with Gasteiger partial charge in [-0.15, -0.1) is 0 Å². The van der Waals surface area contributed by atoms with Gasteiger partial charge in [0.2, 0.25) is 5.91 Å². The SMILES string of the molecule is CC[C@H](C)NC(=O)[C@H](C)NC(=O)Nc1ccccc1S(C)(=O)=O. The third-order valence-electron chi connectivity index (χ3n) is 3.28. The van der Waals surface area contributed by atoms with Crippen LogP contribution < -0.4 is 16.0 Å². The summed E-state index contributed by atoms with van der Waals surface area (Å²) in [5.74, 6) is -0.300. The van der Waals surface area contributed by atoms with Gasteiger partial charge in [0.05, 0.1) is 10.6 Å². The largest absolute Gasteiger partial charge is 0.352 e. The van der Waals surface area contributed by atoms with Crippen molar-refractivity contribution in [3.05, 3.63) is 24.3 Å². The fourth-order valence-corrected chi connectivity index (χ4v) is 2.63. The van der Waals surface area contributed by atoms with Crippen molar-refractivity contribution in [2.24, 2.45) is 0 Å². The van der Waals surface area contributed by atoms with E-state index in [-0.39, 0.29) is 22.5 Å². The number of sulfone groups is 1. The molecular formula is C15H23N3O4S. The summed E-state index contributed by atoms with van der Waals surface area (Å²) in [5.41, 5.74) is 0.169. The van der Waals surface area contributed by atoms with Crippen LogP contribution in [0.15, 0.2) is 29.2 Å². The Morgan fingerprint density at radius 3 is 2.30 bits per heavy atom. The number of para-hydroxylation sites is 1. The predicted octanol–water partition coefficient (Wildman–Crippen LogP) is 1.51. The summed E-state index contributed by atoms with van der Waals surface area (Å²) in [6.45, 7) is 5.37. The van der Waals surface area contributed by atoms with Crippen LogP contribution in [0.5, 0.6) is 0 Å². The van der Waals surface area contributed by atoms with Gasteiger partial charge in [-0.1, -0.05) is 19.1 Å². The normalized spacial score (nSPS) is 13.7. The summed E-state index contributed by atoms with van der Waals surface area (Å²) in [6, 6.07) is 4.71. The quantitative estimate of drug-likeness (QED) is 0.729. The average molecular weight is 341 g/mol. The number of hydrogen-bond donors (Lipinski definition) is 3. The Morgan fingerprint density at radius 2 is 1.74 bits per heavy atom. The van der Waals surface area contributed by atoms with Crippen LogP contribution in [0.25, 0.3) is 0 Å². The minimum absolute atomic E-state index is 0.0146. The molecule has 0 saturated heterocycles. The first-order valence-electron chi connectivity index (χ1n) is 7.32. The second-order valence-corrected chi connectivity index (χ2v) is 7.39. The molecule has 0 radical (unpaired) electrons. The summed E-state index contributed by atoms with van der Waals surface area (Å²) >= 11 is 0. The van der Waals surface area contributed by atoms with Crippen LogP contribution in [0, 0.1) is 0 Å². The van der Waals surface area contributed by atoms with E-state index < -0.39 is 21.9 Å². The fourth-order valence-electron chi connectivity index (χ4n) is 1.78. The molecule has 0 aliphatic heterocycles. The highest BCUT2D eigenvalue weighted by Crippen LogP contribution is 2.20. The first kappa shape index (κ1) is 19.0. The molecule has 0 heterocycles. The Labute approximate surface area is 136 Å². The van der Waals surface area contributed by atoms with Crippen molar-refractivity contribution >= 4 is 27.5 Å². The lowest BCUT2D eigenvalue weighted by Crippen LogP contribution is -2.48. The van der Waals surface area contributed by atoms with E-state index in [9.17, 15) is 18.0 Å². The Kier molecular flexibility index (Phi) is 6.56. The van der Waals surface area contributed by atoms with Gasteiger partial charge >= 0.3 is 6.03 Å². The summed E-state index contributed by atoms with van der Waals surface area (Å²) in [6.07, 6.45) is 1.85. The zero-order valence-electron chi connectivity index (χ0n) is 13.7. The van der Waals surface area contributed by atoms with Gasteiger partial charge in [0, 0.05) is 12.3 Å². The zero-order chi connectivity index (χ0) is 17.6. The standard InChI is InChI=1S/C15H23N3O4S/c1-5-10(2)16-14(19)11(3)17-15(20)18-12-8-6-7-9-13(12)23(4,21)22/h6-11H,5H2,1-4H3,(H,16,19)(H2,17,18,20)/t10-,11-/m0/s1. The maximum absolute atomic E-state index is 12.0. The molecule has 1 aromatic rings. The summed E-state index contributed by atoms with van der Waals surface area (Å²) in [7, 11) is -3.46. The number of hydrogen-bond acceptors (Lipinski definition) is 4. The molecule has 0 fully saturated rings. The van der Waals surface area contributed by atoms with Crippen molar-refractivity contribution in [1.29, 1.82) is 0 Å². The molecule has 0 aliphatic rings. The van der Waals surface area contributed by atoms with Gasteiger partial charge in [0.1, 0.15) is 6.04 Å². The van der Waals surface area contributed by atoms with Crippen molar-refractivity contribution in [3.8, 4) is 0 Å². The van der Waals surface area contributed by atoms with E-state index in [1.54, 1.807) is 19.1 Å². The van der Waals surface area contributed by atoms with Crippen LogP contribution in [0.2, 0.25) is 0 Å². The molecule has 1 aromatic carbocycles. The molecule has 0 unspecified atom stereocenters. The second kappa shape index (κ2) is 7.96. The Bertz CT molecular complexity index is 673. The molecular weight excluding hydrogens is 318 g/mol. The molecule has 0 aromatic heterocycles. The zero-order valence-corrected chi connectivity index (χ0v) is 14.5. The Balaban J connectivity index is 2.73. The third-order valence-corrected chi connectivity index (χ3v) is 4.43. The molecule has 8 heteroatoms. The minimum Gasteiger partial charge on any atom is -0.352 e. The molecule has 1 rings (SSSR count). The van der Waals surface area contributed by atoms with Gasteiger partial charge < -0.3 is 16.0 Å². The summed E-state index contributed by atoms with van der Waals surface area (Å²) < 4.78 is 23.4. The van der Waals surface area contributed by atoms with Crippen LogP contribution in [-0.4, -0.2) is 38.7 Å². The predicted molar refractivity (Wildman–Crippen MR) is 89.1 cm³/mol. The number of rotatable bonds is 6. The lowest BCUT2D eigenvalue weighted by atomic mass is 10.2. The minimum atomic E-state index is -3.46. The maximum Gasteiger partial charge on any atom is 0.319 e. The molecule has 3 N–H and O–H groups in total. The summed E-state index contributed by atoms with van der Waals surface area (Å²) in [4.78, 5) is 23.9. The molecule has 2 atom stereocenters. The number of benzene rings is 1. The van der Waals surface area contributed by atoms with Crippen LogP contribution in [0.3, 0.4) is 0 Å². The van der Waals surface area contributed by atoms with Gasteiger partial charge in [-0.25, -0.2) is 13.2 Å². The highest BCUT2D eigenvalue weighted by atomic mass is 32.2. The van der Waals surface area contributed by atoms with Crippen LogP contribution >= 0.6 is 0 Å². The highest BCUT2D eigenvalue weighted by Gasteiger charge is 2.19. The van der Waals surface area contributed by atoms with E-state index in [0.717, 1.165) is 12.7 Å². The van der Waals surface area contributed by atoms with Gasteiger partial charge in [-0.2, -0.15) is 0 Å². The monoisotopic (exact) mass is 341 g/mol. The van der Waals surface area contributed by atoms with Crippen LogP contribution in [0.4, 0.5) is 10.5 Å². The van der Waals surface area contributed by atoms with Crippen molar-refractivity contribution < 1.29 is 18.0 Å². The fraction of sp³-hybridized carbons (Fsp3) is 0.467. The van der Waals surface area contributed by atoms with Crippen molar-refractivity contribution in [2.75, 3.05) is 11.6 Å². The van der Waals surface area contributed by atoms with E-state index in [1.807, 2.05) is 13.8 Å². The molecule has 0 bridgehead atoms. The maximum atomic E-state index is 12.0. The Morgan fingerprint density at radius 1 is 1.13 bits per heavy atom. The number of urea groups is 1.